The Morgan fingerprint density at radius 3 is 2.33 bits per heavy atom. The number of aliphatic hydroxyl groups excluding tert-OH is 1. The van der Waals surface area contributed by atoms with E-state index in [-0.39, 0.29) is 96.9 Å². The Morgan fingerprint density at radius 1 is 0.882 bits per heavy atom. The Labute approximate surface area is 452 Å². The summed E-state index contributed by atoms with van der Waals surface area (Å²) in [4.78, 5) is 99.1. The SMILES string of the molecule is CC1=C(C)C(=O)C(C(C)(C)CC(=O)N(C)CCN(CCCC(=O)NCCCCC(NC(=O)CCC[C@H]2CCC3[C@@H]4CC[C@@H]5C[C@H](O)CC[C@]5(C)C4CC[C@@]32C)C(=O)O)C(=O)Oc2ccc3nc(C#N)sc3c2)=C(C)C1=O. The zero-order valence-electron chi connectivity index (χ0n) is 46.2. The van der Waals surface area contributed by atoms with Gasteiger partial charge in [-0.2, -0.15) is 5.26 Å². The van der Waals surface area contributed by atoms with Gasteiger partial charge in [0.25, 0.3) is 0 Å². The maximum absolute atomic E-state index is 13.7. The Morgan fingerprint density at radius 2 is 1.59 bits per heavy atom. The number of aliphatic carboxylic acids is 1. The molecule has 0 bridgehead atoms. The Hall–Kier alpha value is -5.47. The largest absolute Gasteiger partial charge is 0.480 e. The molecule has 7 rings (SSSR count). The maximum Gasteiger partial charge on any atom is 0.415 e. The molecular formula is C59H82N6O10S. The molecule has 1 aromatic carbocycles. The van der Waals surface area contributed by atoms with E-state index in [0.717, 1.165) is 49.9 Å². The van der Waals surface area contributed by atoms with Gasteiger partial charge >= 0.3 is 12.1 Å². The lowest BCUT2D eigenvalue weighted by Crippen LogP contribution is -2.53. The third-order valence-electron chi connectivity index (χ3n) is 19.0. The van der Waals surface area contributed by atoms with Gasteiger partial charge in [0.1, 0.15) is 17.9 Å². The van der Waals surface area contributed by atoms with Crippen LogP contribution in [0.1, 0.15) is 169 Å². The van der Waals surface area contributed by atoms with Crippen LogP contribution in [-0.4, -0.2) is 112 Å². The monoisotopic (exact) mass is 1070 g/mol. The highest BCUT2D eigenvalue weighted by molar-refractivity contribution is 7.19. The molecule has 9 atom stereocenters. The van der Waals surface area contributed by atoms with Crippen LogP contribution >= 0.6 is 11.3 Å². The van der Waals surface area contributed by atoms with Crippen molar-refractivity contribution in [3.8, 4) is 11.8 Å². The van der Waals surface area contributed by atoms with Crippen LogP contribution in [0.3, 0.4) is 0 Å². The number of Topliss-reactive ketones (excluding diaryl/α,β-unsaturated/α-hetero) is 2. The number of ketones is 2. The van der Waals surface area contributed by atoms with Crippen molar-refractivity contribution in [3.63, 3.8) is 0 Å². The molecule has 4 saturated carbocycles. The van der Waals surface area contributed by atoms with Gasteiger partial charge in [-0.25, -0.2) is 14.6 Å². The molecule has 4 amide bonds. The molecule has 0 spiro atoms. The molecule has 76 heavy (non-hydrogen) atoms. The van der Waals surface area contributed by atoms with Gasteiger partial charge in [-0.05, 0) is 170 Å². The van der Waals surface area contributed by atoms with Crippen molar-refractivity contribution < 1.29 is 48.5 Å². The number of aliphatic hydroxyl groups is 1. The highest BCUT2D eigenvalue weighted by Crippen LogP contribution is 2.68. The summed E-state index contributed by atoms with van der Waals surface area (Å²) in [7, 11) is 1.60. The Balaban J connectivity index is 0.836. The quantitative estimate of drug-likeness (QED) is 0.0637. The summed E-state index contributed by atoms with van der Waals surface area (Å²) in [5.41, 5.74) is 1.68. The van der Waals surface area contributed by atoms with Crippen molar-refractivity contribution in [1.82, 2.24) is 25.4 Å². The molecule has 1 heterocycles. The number of likely N-dealkylation sites (N-methyl/N-ethyl adjacent to an activating group) is 1. The highest BCUT2D eigenvalue weighted by atomic mass is 32.1. The molecule has 5 aliphatic carbocycles. The number of nitrogens with zero attached hydrogens (tertiary/aromatic N) is 4. The number of rotatable bonds is 22. The molecule has 2 aromatic rings. The number of carboxylic acid groups (broad SMARTS) is 1. The standard InChI is InChI=1S/C59H82N6O10S/c1-35-36(2)54(71)52(37(3)53(35)70)57(4,5)33-51(69)64(8)29-30-65(56(74)75-41-19-22-45-47(32-41)76-50(34-60)63-45)28-12-16-48(67)61-27-10-9-14-46(55(72)73)62-49(68)15-11-13-38-18-21-43-42-20-17-39-31-40(66)23-25-59(39,7)44(42)24-26-58(38,43)6/h19,22,32,38-40,42-44,46,66H,9-18,20-21,23-31,33H2,1-8H3,(H,61,67)(H,62,68)(H,72,73)/t38-,39+,40+,42-,43?,44?,46?,58+,59-/m0/s1. The van der Waals surface area contributed by atoms with Crippen LogP contribution in [0.4, 0.5) is 4.79 Å². The molecular weight excluding hydrogens is 985 g/mol. The number of nitriles is 1. The van der Waals surface area contributed by atoms with Crippen LogP contribution in [-0.2, 0) is 28.8 Å². The van der Waals surface area contributed by atoms with Crippen molar-refractivity contribution in [2.75, 3.05) is 33.2 Å². The minimum absolute atomic E-state index is 0.0565. The Kier molecular flexibility index (Phi) is 18.7. The number of aromatic nitrogens is 1. The fraction of sp³-hybridized carbons (Fsp3) is 0.678. The van der Waals surface area contributed by atoms with Gasteiger partial charge in [-0.3, -0.25) is 24.0 Å². The number of allylic oxidation sites excluding steroid dienone is 4. The highest BCUT2D eigenvalue weighted by Gasteiger charge is 2.60. The van der Waals surface area contributed by atoms with E-state index < -0.39 is 23.5 Å². The second-order valence-corrected chi connectivity index (χ2v) is 25.1. The van der Waals surface area contributed by atoms with E-state index >= 15 is 0 Å². The zero-order valence-corrected chi connectivity index (χ0v) is 47.0. The van der Waals surface area contributed by atoms with Crippen LogP contribution in [0.5, 0.6) is 5.75 Å². The fourth-order valence-electron chi connectivity index (χ4n) is 14.5. The molecule has 5 aliphatic rings. The van der Waals surface area contributed by atoms with Crippen LogP contribution in [0, 0.1) is 57.2 Å². The molecule has 17 heteroatoms. The first-order chi connectivity index (χ1) is 36.0. The third kappa shape index (κ3) is 12.9. The lowest BCUT2D eigenvalue weighted by atomic mass is 9.44. The van der Waals surface area contributed by atoms with Gasteiger partial charge in [0.15, 0.2) is 16.6 Å². The van der Waals surface area contributed by atoms with Gasteiger partial charge in [-0.15, -0.1) is 11.3 Å². The predicted octanol–water partition coefficient (Wildman–Crippen LogP) is 9.47. The molecule has 4 N–H and O–H groups in total. The topological polar surface area (TPSA) is 236 Å². The Bertz CT molecular complexity index is 2670. The van der Waals surface area contributed by atoms with Gasteiger partial charge in [0, 0.05) is 86.3 Å². The smallest absolute Gasteiger partial charge is 0.415 e. The number of hydrogen-bond acceptors (Lipinski definition) is 12. The van der Waals surface area contributed by atoms with Gasteiger partial charge < -0.3 is 35.4 Å². The molecule has 4 fully saturated rings. The fourth-order valence-corrected chi connectivity index (χ4v) is 15.2. The normalized spacial score (nSPS) is 26.7. The van der Waals surface area contributed by atoms with Crippen molar-refractivity contribution in [2.24, 2.45) is 45.8 Å². The molecule has 0 aliphatic heterocycles. The minimum atomic E-state index is -1.08. The van der Waals surface area contributed by atoms with Gasteiger partial charge in [0.2, 0.25) is 17.7 Å². The average molecular weight is 1070 g/mol. The van der Waals surface area contributed by atoms with E-state index in [1.54, 1.807) is 59.9 Å². The number of amides is 4. The lowest BCUT2D eigenvalue weighted by molar-refractivity contribution is -0.142. The van der Waals surface area contributed by atoms with E-state index in [2.05, 4.69) is 29.5 Å². The molecule has 414 valence electrons. The maximum atomic E-state index is 13.7. The number of ether oxygens (including phenoxy) is 1. The second-order valence-electron chi connectivity index (χ2n) is 24.1. The first kappa shape index (κ1) is 58.2. The van der Waals surface area contributed by atoms with E-state index in [0.29, 0.717) is 75.6 Å². The zero-order chi connectivity index (χ0) is 55.3. The summed E-state index contributed by atoms with van der Waals surface area (Å²) in [6.45, 7) is 14.0. The summed E-state index contributed by atoms with van der Waals surface area (Å²) in [6, 6.07) is 5.86. The second kappa shape index (κ2) is 24.5. The number of thiazole rings is 1. The van der Waals surface area contributed by atoms with Crippen LogP contribution in [0.25, 0.3) is 10.2 Å². The first-order valence-electron chi connectivity index (χ1n) is 27.9. The first-order valence-corrected chi connectivity index (χ1v) is 28.8. The molecule has 0 saturated heterocycles. The van der Waals surface area contributed by atoms with Crippen LogP contribution < -0.4 is 15.4 Å². The van der Waals surface area contributed by atoms with Crippen molar-refractivity contribution in [2.45, 2.75) is 176 Å². The lowest BCUT2D eigenvalue weighted by Gasteiger charge is -2.61. The number of carbonyl (C=O) groups is 7. The molecule has 3 unspecified atom stereocenters. The predicted molar refractivity (Wildman–Crippen MR) is 290 cm³/mol. The van der Waals surface area contributed by atoms with Crippen LogP contribution in [0.15, 0.2) is 40.5 Å². The van der Waals surface area contributed by atoms with E-state index in [1.165, 1.54) is 59.7 Å². The van der Waals surface area contributed by atoms with E-state index in [9.17, 15) is 49.0 Å². The summed E-state index contributed by atoms with van der Waals surface area (Å²) in [5, 5.41) is 35.6. The number of nitrogens with one attached hydrogen (secondary N) is 2. The molecule has 16 nitrogen and oxygen atoms in total. The molecule has 0 radical (unpaired) electrons. The van der Waals surface area contributed by atoms with Crippen LogP contribution in [0.2, 0.25) is 0 Å². The summed E-state index contributed by atoms with van der Waals surface area (Å²) >= 11 is 1.17. The number of unbranched alkanes of at least 4 members (excludes halogenated alkanes) is 1. The number of carboxylic acids is 1. The van der Waals surface area contributed by atoms with Crippen molar-refractivity contribution in [3.05, 3.63) is 45.5 Å². The van der Waals surface area contributed by atoms with Crippen molar-refractivity contribution in [1.29, 1.82) is 5.26 Å². The van der Waals surface area contributed by atoms with Gasteiger partial charge in [-0.1, -0.05) is 27.7 Å². The van der Waals surface area contributed by atoms with E-state index in [1.807, 2.05) is 6.07 Å². The summed E-state index contributed by atoms with van der Waals surface area (Å²) in [6.07, 6.45) is 13.1. The minimum Gasteiger partial charge on any atom is -0.480 e. The molecule has 1 aromatic heterocycles. The van der Waals surface area contributed by atoms with Crippen molar-refractivity contribution >= 4 is 62.9 Å². The number of benzene rings is 1. The average Bonchev–Trinajstić information content (AvgIpc) is 4.01. The van der Waals surface area contributed by atoms with Gasteiger partial charge in [0.05, 0.1) is 16.3 Å². The summed E-state index contributed by atoms with van der Waals surface area (Å²) < 4.78 is 6.42. The third-order valence-corrected chi connectivity index (χ3v) is 19.9. The number of hydrogen-bond donors (Lipinski definition) is 4. The number of fused-ring (bicyclic) bond motifs is 6. The van der Waals surface area contributed by atoms with E-state index in [4.69, 9.17) is 4.74 Å². The number of carbonyl (C=O) groups excluding carboxylic acids is 6. The summed E-state index contributed by atoms with van der Waals surface area (Å²) in [5.74, 6) is 1.33.